The number of rotatable bonds is 11. The van der Waals surface area contributed by atoms with Gasteiger partial charge < -0.3 is 19.5 Å². The van der Waals surface area contributed by atoms with E-state index in [0.29, 0.717) is 47.1 Å². The van der Waals surface area contributed by atoms with Crippen molar-refractivity contribution in [2.75, 3.05) is 13.7 Å². The molecule has 6 heteroatoms. The number of halogens is 1. The first-order valence-corrected chi connectivity index (χ1v) is 12.1. The summed E-state index contributed by atoms with van der Waals surface area (Å²) in [5.41, 5.74) is 4.46. The Morgan fingerprint density at radius 2 is 1.65 bits per heavy atom. The lowest BCUT2D eigenvalue weighted by molar-refractivity contribution is 0.283. The third-order valence-corrected chi connectivity index (χ3v) is 5.91. The molecule has 0 atom stereocenters. The largest absolute Gasteiger partial charge is 0.496 e. The molecular formula is C31H29FN2O3. The Bertz CT molecular complexity index is 1400. The molecule has 0 fully saturated rings. The van der Waals surface area contributed by atoms with Crippen LogP contribution in [0.2, 0.25) is 0 Å². The molecule has 188 valence electrons. The summed E-state index contributed by atoms with van der Waals surface area (Å²) in [4.78, 5) is 0. The molecule has 4 rings (SSSR count). The maximum atomic E-state index is 14.5. The minimum atomic E-state index is -0.308. The van der Waals surface area contributed by atoms with Gasteiger partial charge in [0.2, 0.25) is 0 Å². The highest BCUT2D eigenvalue weighted by Crippen LogP contribution is 2.35. The van der Waals surface area contributed by atoms with Crippen LogP contribution in [-0.4, -0.2) is 13.7 Å². The molecule has 0 aliphatic heterocycles. The molecule has 0 spiro atoms. The van der Waals surface area contributed by atoms with Gasteiger partial charge in [-0.05, 0) is 36.4 Å². The van der Waals surface area contributed by atoms with E-state index in [2.05, 4.69) is 11.4 Å². The first-order chi connectivity index (χ1) is 18.1. The standard InChI is InChI=1S/C31H29FN2O3/c1-3-34-19-24-14-15-26(17-30(24)37-20-23-9-6-8-22(16-23)18-33)36-21-25-10-7-12-28(31(25)35-2)27-11-4-5-13-29(27)32/h4-17,34H,3,19-21H2,1-2H3. The predicted molar refractivity (Wildman–Crippen MR) is 142 cm³/mol. The first kappa shape index (κ1) is 25.7. The van der Waals surface area contributed by atoms with Crippen molar-refractivity contribution >= 4 is 0 Å². The van der Waals surface area contributed by atoms with Crippen LogP contribution in [0.25, 0.3) is 11.1 Å². The Labute approximate surface area is 217 Å². The van der Waals surface area contributed by atoms with Crippen LogP contribution in [0.4, 0.5) is 4.39 Å². The van der Waals surface area contributed by atoms with Gasteiger partial charge in [-0.25, -0.2) is 4.39 Å². The summed E-state index contributed by atoms with van der Waals surface area (Å²) < 4.78 is 32.4. The van der Waals surface area contributed by atoms with Gasteiger partial charge in [0.25, 0.3) is 0 Å². The Morgan fingerprint density at radius 1 is 0.838 bits per heavy atom. The smallest absolute Gasteiger partial charge is 0.133 e. The van der Waals surface area contributed by atoms with E-state index in [1.807, 2.05) is 61.5 Å². The summed E-state index contributed by atoms with van der Waals surface area (Å²) in [6, 6.07) is 27.5. The van der Waals surface area contributed by atoms with Gasteiger partial charge in [0.15, 0.2) is 0 Å². The van der Waals surface area contributed by atoms with E-state index < -0.39 is 0 Å². The van der Waals surface area contributed by atoms with Crippen LogP contribution < -0.4 is 19.5 Å². The number of para-hydroxylation sites is 1. The summed E-state index contributed by atoms with van der Waals surface area (Å²) in [6.45, 7) is 4.11. The second-order valence-electron chi connectivity index (χ2n) is 8.42. The van der Waals surface area contributed by atoms with Crippen molar-refractivity contribution in [1.29, 1.82) is 5.26 Å². The number of methoxy groups -OCH3 is 1. The minimum Gasteiger partial charge on any atom is -0.496 e. The van der Waals surface area contributed by atoms with Crippen molar-refractivity contribution in [2.45, 2.75) is 26.7 Å². The fourth-order valence-electron chi connectivity index (χ4n) is 4.05. The Hall–Kier alpha value is -4.34. The monoisotopic (exact) mass is 496 g/mol. The van der Waals surface area contributed by atoms with Gasteiger partial charge in [0.05, 0.1) is 18.7 Å². The summed E-state index contributed by atoms with van der Waals surface area (Å²) in [5, 5.41) is 12.5. The molecule has 0 radical (unpaired) electrons. The summed E-state index contributed by atoms with van der Waals surface area (Å²) in [6.07, 6.45) is 0. The zero-order valence-electron chi connectivity index (χ0n) is 21.0. The molecule has 0 bridgehead atoms. The molecule has 0 saturated heterocycles. The van der Waals surface area contributed by atoms with E-state index in [-0.39, 0.29) is 12.4 Å². The molecule has 4 aromatic carbocycles. The van der Waals surface area contributed by atoms with E-state index >= 15 is 0 Å². The Kier molecular flexibility index (Phi) is 8.75. The van der Waals surface area contributed by atoms with Crippen molar-refractivity contribution in [3.05, 3.63) is 113 Å². The van der Waals surface area contributed by atoms with Crippen molar-refractivity contribution in [1.82, 2.24) is 5.32 Å². The number of hydrogen-bond acceptors (Lipinski definition) is 5. The van der Waals surface area contributed by atoms with Gasteiger partial charge in [0.1, 0.15) is 36.3 Å². The minimum absolute atomic E-state index is 0.238. The van der Waals surface area contributed by atoms with E-state index in [9.17, 15) is 4.39 Å². The van der Waals surface area contributed by atoms with Crippen LogP contribution in [0, 0.1) is 17.1 Å². The molecule has 0 heterocycles. The fraction of sp³-hybridized carbons (Fsp3) is 0.194. The third-order valence-electron chi connectivity index (χ3n) is 5.91. The molecule has 0 saturated carbocycles. The normalized spacial score (nSPS) is 10.5. The molecule has 0 aromatic heterocycles. The van der Waals surface area contributed by atoms with E-state index in [0.717, 1.165) is 23.2 Å². The van der Waals surface area contributed by atoms with Crippen LogP contribution in [-0.2, 0) is 19.8 Å². The average molecular weight is 497 g/mol. The van der Waals surface area contributed by atoms with Gasteiger partial charge in [-0.2, -0.15) is 5.26 Å². The number of ether oxygens (including phenoxy) is 3. The van der Waals surface area contributed by atoms with E-state index in [1.165, 1.54) is 6.07 Å². The molecule has 0 amide bonds. The van der Waals surface area contributed by atoms with Gasteiger partial charge in [-0.1, -0.05) is 61.5 Å². The number of nitriles is 1. The Balaban J connectivity index is 1.54. The third kappa shape index (κ3) is 6.46. The number of benzene rings is 4. The zero-order chi connectivity index (χ0) is 26.0. The van der Waals surface area contributed by atoms with Gasteiger partial charge in [0, 0.05) is 34.9 Å². The average Bonchev–Trinajstić information content (AvgIpc) is 2.94. The van der Waals surface area contributed by atoms with Crippen molar-refractivity contribution in [3.8, 4) is 34.4 Å². The highest BCUT2D eigenvalue weighted by Gasteiger charge is 2.15. The van der Waals surface area contributed by atoms with Gasteiger partial charge >= 0.3 is 0 Å². The molecule has 37 heavy (non-hydrogen) atoms. The lowest BCUT2D eigenvalue weighted by atomic mass is 10.0. The highest BCUT2D eigenvalue weighted by molar-refractivity contribution is 5.72. The second kappa shape index (κ2) is 12.6. The number of nitrogens with one attached hydrogen (secondary N) is 1. The fourth-order valence-corrected chi connectivity index (χ4v) is 4.05. The van der Waals surface area contributed by atoms with Crippen molar-refractivity contribution in [3.63, 3.8) is 0 Å². The molecule has 1 N–H and O–H groups in total. The van der Waals surface area contributed by atoms with E-state index in [4.69, 9.17) is 19.5 Å². The highest BCUT2D eigenvalue weighted by atomic mass is 19.1. The van der Waals surface area contributed by atoms with Crippen LogP contribution in [0.1, 0.15) is 29.2 Å². The molecule has 5 nitrogen and oxygen atoms in total. The first-order valence-electron chi connectivity index (χ1n) is 12.1. The summed E-state index contributed by atoms with van der Waals surface area (Å²) in [7, 11) is 1.58. The van der Waals surface area contributed by atoms with Crippen LogP contribution >= 0.6 is 0 Å². The van der Waals surface area contributed by atoms with E-state index in [1.54, 1.807) is 31.4 Å². The second-order valence-corrected chi connectivity index (χ2v) is 8.42. The number of hydrogen-bond donors (Lipinski definition) is 1. The molecule has 4 aromatic rings. The van der Waals surface area contributed by atoms with Gasteiger partial charge in [-0.3, -0.25) is 0 Å². The predicted octanol–water partition coefficient (Wildman–Crippen LogP) is 6.64. The zero-order valence-corrected chi connectivity index (χ0v) is 21.0. The SMILES string of the molecule is CCNCc1ccc(OCc2cccc(-c3ccccc3F)c2OC)cc1OCc1cccc(C#N)c1. The maximum absolute atomic E-state index is 14.5. The van der Waals surface area contributed by atoms with Crippen molar-refractivity contribution in [2.24, 2.45) is 0 Å². The molecular weight excluding hydrogens is 467 g/mol. The molecule has 0 aliphatic carbocycles. The van der Waals surface area contributed by atoms with Crippen LogP contribution in [0.3, 0.4) is 0 Å². The quantitative estimate of drug-likeness (QED) is 0.252. The lowest BCUT2D eigenvalue weighted by Gasteiger charge is -2.17. The van der Waals surface area contributed by atoms with Crippen LogP contribution in [0.5, 0.6) is 17.2 Å². The van der Waals surface area contributed by atoms with Crippen LogP contribution in [0.15, 0.2) is 84.9 Å². The maximum Gasteiger partial charge on any atom is 0.133 e. The lowest BCUT2D eigenvalue weighted by Crippen LogP contribution is -2.13. The summed E-state index contributed by atoms with van der Waals surface area (Å²) >= 11 is 0. The summed E-state index contributed by atoms with van der Waals surface area (Å²) in [5.74, 6) is 1.61. The Morgan fingerprint density at radius 3 is 2.43 bits per heavy atom. The molecule has 0 aliphatic rings. The molecule has 0 unspecified atom stereocenters. The topological polar surface area (TPSA) is 63.5 Å². The number of nitrogens with zero attached hydrogens (tertiary/aromatic N) is 1. The van der Waals surface area contributed by atoms with Gasteiger partial charge in [-0.15, -0.1) is 0 Å². The van der Waals surface area contributed by atoms with Crippen molar-refractivity contribution < 1.29 is 18.6 Å².